The zero-order valence-electron chi connectivity index (χ0n) is 13.1. The smallest absolute Gasteiger partial charge is 0.351 e. The molecule has 1 aliphatic carbocycles. The van der Waals surface area contributed by atoms with E-state index in [-0.39, 0.29) is 30.9 Å². The lowest BCUT2D eigenvalue weighted by atomic mass is 9.89. The minimum Gasteiger partial charge on any atom is -0.391 e. The molecule has 9 heteroatoms. The van der Waals surface area contributed by atoms with Gasteiger partial charge in [0.25, 0.3) is 0 Å². The number of amides is 1. The number of halogens is 1. The summed E-state index contributed by atoms with van der Waals surface area (Å²) in [5, 5.41) is 11.4. The molecule has 1 saturated carbocycles. The first-order chi connectivity index (χ1) is 11.6. The molecule has 0 aromatic carbocycles. The Morgan fingerprint density at radius 1 is 1.42 bits per heavy atom. The van der Waals surface area contributed by atoms with Crippen molar-refractivity contribution < 1.29 is 23.8 Å². The molecule has 0 spiro atoms. The van der Waals surface area contributed by atoms with E-state index < -0.39 is 24.0 Å². The first kappa shape index (κ1) is 17.0. The van der Waals surface area contributed by atoms with Crippen molar-refractivity contribution in [1.29, 1.82) is 0 Å². The Hall–Kier alpha value is -1.84. The van der Waals surface area contributed by atoms with Crippen molar-refractivity contribution in [3.05, 3.63) is 22.5 Å². The summed E-state index contributed by atoms with van der Waals surface area (Å²) < 4.78 is 25.5. The van der Waals surface area contributed by atoms with Crippen LogP contribution in [0.5, 0.6) is 0 Å². The van der Waals surface area contributed by atoms with E-state index in [1.165, 1.54) is 0 Å². The summed E-state index contributed by atoms with van der Waals surface area (Å²) in [5.41, 5.74) is -0.762. The minimum atomic E-state index is -0.861. The number of rotatable bonds is 4. The van der Waals surface area contributed by atoms with Crippen LogP contribution in [0.15, 0.2) is 11.0 Å². The van der Waals surface area contributed by atoms with E-state index in [2.05, 4.69) is 10.3 Å². The molecule has 1 aromatic rings. The fraction of sp³-hybridized carbons (Fsp3) is 0.667. The summed E-state index contributed by atoms with van der Waals surface area (Å²) >= 11 is 0. The summed E-state index contributed by atoms with van der Waals surface area (Å²) in [7, 11) is 0. The van der Waals surface area contributed by atoms with Gasteiger partial charge in [0, 0.05) is 5.92 Å². The third kappa shape index (κ3) is 3.63. The predicted molar refractivity (Wildman–Crippen MR) is 80.6 cm³/mol. The number of carbonyl (C=O) groups excluding carboxylic acids is 1. The quantitative estimate of drug-likeness (QED) is 0.838. The first-order valence-electron chi connectivity index (χ1n) is 8.06. The highest BCUT2D eigenvalue weighted by Crippen LogP contribution is 2.25. The van der Waals surface area contributed by atoms with Gasteiger partial charge in [-0.2, -0.15) is 4.98 Å². The summed E-state index contributed by atoms with van der Waals surface area (Å²) in [6.45, 7) is -0.364. The van der Waals surface area contributed by atoms with Crippen LogP contribution in [-0.2, 0) is 14.3 Å². The van der Waals surface area contributed by atoms with Crippen LogP contribution in [0, 0.1) is 11.7 Å². The number of aromatic nitrogens is 2. The number of aliphatic hydroxyl groups is 1. The van der Waals surface area contributed by atoms with Gasteiger partial charge in [0.2, 0.25) is 5.91 Å². The van der Waals surface area contributed by atoms with E-state index in [4.69, 9.17) is 14.6 Å². The molecule has 2 fully saturated rings. The Morgan fingerprint density at radius 2 is 2.17 bits per heavy atom. The maximum absolute atomic E-state index is 14.2. The molecule has 2 atom stereocenters. The Balaban J connectivity index is 1.72. The fourth-order valence-electron chi connectivity index (χ4n) is 3.01. The van der Waals surface area contributed by atoms with Crippen molar-refractivity contribution in [2.45, 2.75) is 44.6 Å². The van der Waals surface area contributed by atoms with Crippen molar-refractivity contribution >= 4 is 11.7 Å². The van der Waals surface area contributed by atoms with Crippen molar-refractivity contribution in [2.75, 3.05) is 18.5 Å². The molecular weight excluding hydrogens is 321 g/mol. The van der Waals surface area contributed by atoms with Gasteiger partial charge < -0.3 is 19.9 Å². The topological polar surface area (TPSA) is 103 Å². The van der Waals surface area contributed by atoms with E-state index >= 15 is 0 Å². The van der Waals surface area contributed by atoms with Crippen LogP contribution in [0.3, 0.4) is 0 Å². The Labute approximate surface area is 137 Å². The summed E-state index contributed by atoms with van der Waals surface area (Å²) in [6, 6.07) is 0. The van der Waals surface area contributed by atoms with Gasteiger partial charge in [-0.1, -0.05) is 19.3 Å². The first-order valence-corrected chi connectivity index (χ1v) is 8.06. The monoisotopic (exact) mass is 341 g/mol. The van der Waals surface area contributed by atoms with Crippen LogP contribution in [0.4, 0.5) is 10.2 Å². The predicted octanol–water partition coefficient (Wildman–Crippen LogP) is 0.765. The van der Waals surface area contributed by atoms with Crippen LogP contribution in [0.2, 0.25) is 0 Å². The molecule has 2 aliphatic rings. The lowest BCUT2D eigenvalue weighted by Crippen LogP contribution is -2.32. The highest BCUT2D eigenvalue weighted by Gasteiger charge is 2.29. The molecule has 1 aromatic heterocycles. The highest BCUT2D eigenvalue weighted by molar-refractivity contribution is 5.91. The maximum Gasteiger partial charge on any atom is 0.351 e. The van der Waals surface area contributed by atoms with Gasteiger partial charge in [0.1, 0.15) is 0 Å². The largest absolute Gasteiger partial charge is 0.391 e. The van der Waals surface area contributed by atoms with E-state index in [0.717, 1.165) is 42.9 Å². The normalized spacial score (nSPS) is 24.9. The van der Waals surface area contributed by atoms with E-state index in [1.807, 2.05) is 0 Å². The Morgan fingerprint density at radius 3 is 2.83 bits per heavy atom. The summed E-state index contributed by atoms with van der Waals surface area (Å²) in [4.78, 5) is 27.8. The van der Waals surface area contributed by atoms with Crippen LogP contribution >= 0.6 is 0 Å². The maximum atomic E-state index is 14.2. The van der Waals surface area contributed by atoms with E-state index in [9.17, 15) is 14.0 Å². The standard InChI is InChI=1S/C15H20FN3O5/c16-10-6-19(11-8-23-12(7-20)24-11)15(22)18-13(10)17-14(21)9-4-2-1-3-5-9/h6,9,11-12,20H,1-5,7-8H2,(H,17,18,21,22). The zero-order chi connectivity index (χ0) is 17.1. The molecule has 1 saturated heterocycles. The molecule has 1 amide bonds. The second-order valence-corrected chi connectivity index (χ2v) is 5.99. The van der Waals surface area contributed by atoms with Crippen molar-refractivity contribution in [1.82, 2.24) is 9.55 Å². The lowest BCUT2D eigenvalue weighted by Gasteiger charge is -2.20. The van der Waals surface area contributed by atoms with Crippen molar-refractivity contribution in [2.24, 2.45) is 5.92 Å². The van der Waals surface area contributed by atoms with Crippen molar-refractivity contribution in [3.63, 3.8) is 0 Å². The van der Waals surface area contributed by atoms with E-state index in [1.54, 1.807) is 0 Å². The van der Waals surface area contributed by atoms with Gasteiger partial charge >= 0.3 is 5.69 Å². The number of ether oxygens (including phenoxy) is 2. The fourth-order valence-corrected chi connectivity index (χ4v) is 3.01. The zero-order valence-corrected chi connectivity index (χ0v) is 13.1. The molecule has 8 nitrogen and oxygen atoms in total. The van der Waals surface area contributed by atoms with Crippen molar-refractivity contribution in [3.8, 4) is 0 Å². The molecule has 24 heavy (non-hydrogen) atoms. The second-order valence-electron chi connectivity index (χ2n) is 5.99. The third-order valence-electron chi connectivity index (χ3n) is 4.32. The molecule has 1 aliphatic heterocycles. The van der Waals surface area contributed by atoms with Gasteiger partial charge in [-0.3, -0.25) is 9.36 Å². The number of hydrogen-bond donors (Lipinski definition) is 2. The number of nitrogens with zero attached hydrogens (tertiary/aromatic N) is 2. The molecule has 0 bridgehead atoms. The molecule has 2 unspecified atom stereocenters. The van der Waals surface area contributed by atoms with E-state index in [0.29, 0.717) is 0 Å². The van der Waals surface area contributed by atoms with Crippen LogP contribution in [0.25, 0.3) is 0 Å². The lowest BCUT2D eigenvalue weighted by molar-refractivity contribution is -0.120. The third-order valence-corrected chi connectivity index (χ3v) is 4.32. The number of anilines is 1. The van der Waals surface area contributed by atoms with Gasteiger partial charge in [0.05, 0.1) is 19.4 Å². The minimum absolute atomic E-state index is 0.0000329. The van der Waals surface area contributed by atoms with Gasteiger partial charge in [-0.25, -0.2) is 9.18 Å². The summed E-state index contributed by atoms with van der Waals surface area (Å²) in [6.07, 6.45) is 3.79. The number of nitrogens with one attached hydrogen (secondary N) is 1. The molecule has 2 N–H and O–H groups in total. The van der Waals surface area contributed by atoms with Crippen LogP contribution in [-0.4, -0.2) is 40.1 Å². The molecule has 132 valence electrons. The highest BCUT2D eigenvalue weighted by atomic mass is 19.1. The Kier molecular flexibility index (Phi) is 5.22. The van der Waals surface area contributed by atoms with Crippen LogP contribution in [0.1, 0.15) is 38.3 Å². The number of aliphatic hydroxyl groups excluding tert-OH is 1. The number of hydrogen-bond acceptors (Lipinski definition) is 6. The molecule has 3 rings (SSSR count). The molecule has 0 radical (unpaired) electrons. The second kappa shape index (κ2) is 7.37. The summed E-state index contributed by atoms with van der Waals surface area (Å²) in [5.74, 6) is -1.67. The van der Waals surface area contributed by atoms with Gasteiger partial charge in [-0.05, 0) is 12.8 Å². The Bertz CT molecular complexity index is 659. The SMILES string of the molecule is O=C(Nc1nc(=O)n(C2COC(CO)O2)cc1F)C1CCCCC1. The van der Waals surface area contributed by atoms with Crippen LogP contribution < -0.4 is 11.0 Å². The van der Waals surface area contributed by atoms with Gasteiger partial charge in [0.15, 0.2) is 24.2 Å². The molecular formula is C15H20FN3O5. The average Bonchev–Trinajstić information content (AvgIpc) is 3.07. The number of carbonyl (C=O) groups is 1. The molecule has 2 heterocycles. The van der Waals surface area contributed by atoms with Gasteiger partial charge in [-0.15, -0.1) is 0 Å². The average molecular weight is 341 g/mol.